The van der Waals surface area contributed by atoms with Crippen molar-refractivity contribution in [1.82, 2.24) is 0 Å². The average Bonchev–Trinajstić information content (AvgIpc) is 2.64. The molecule has 0 aliphatic heterocycles. The molecule has 0 spiro atoms. The van der Waals surface area contributed by atoms with Crippen LogP contribution in [-0.4, -0.2) is 10.7 Å². The van der Waals surface area contributed by atoms with Gasteiger partial charge in [0, 0.05) is 0 Å². The van der Waals surface area contributed by atoms with Gasteiger partial charge in [-0.15, -0.1) is 0 Å². The molecule has 31 heavy (non-hydrogen) atoms. The summed E-state index contributed by atoms with van der Waals surface area (Å²) < 4.78 is 0. The van der Waals surface area contributed by atoms with E-state index >= 15 is 0 Å². The highest BCUT2D eigenvalue weighted by Crippen LogP contribution is 2.09. The molecular formula is C30H42O. The van der Waals surface area contributed by atoms with Crippen molar-refractivity contribution in [3.63, 3.8) is 0 Å². The van der Waals surface area contributed by atoms with Crippen LogP contribution in [0.3, 0.4) is 0 Å². The Kier molecular flexibility index (Phi) is 14.7. The summed E-state index contributed by atoms with van der Waals surface area (Å²) in [4.78, 5) is 0. The Morgan fingerprint density at radius 1 is 0.548 bits per heavy atom. The first-order chi connectivity index (χ1) is 14.5. The van der Waals surface area contributed by atoms with Gasteiger partial charge in [0.2, 0.25) is 0 Å². The van der Waals surface area contributed by atoms with Gasteiger partial charge in [-0.25, -0.2) is 0 Å². The zero-order chi connectivity index (χ0) is 23.7. The third-order valence-electron chi connectivity index (χ3n) is 4.05. The highest BCUT2D eigenvalue weighted by molar-refractivity contribution is 5.32. The second-order valence-electron chi connectivity index (χ2n) is 8.77. The van der Waals surface area contributed by atoms with Crippen molar-refractivity contribution in [2.45, 2.75) is 67.4 Å². The first kappa shape index (κ1) is 28.4. The Labute approximate surface area is 191 Å². The fourth-order valence-corrected chi connectivity index (χ4v) is 2.27. The Morgan fingerprint density at radius 2 is 0.903 bits per heavy atom. The second kappa shape index (κ2) is 16.1. The minimum Gasteiger partial charge on any atom is -0.390 e. The van der Waals surface area contributed by atoms with Crippen LogP contribution in [0, 0.1) is 0 Å². The summed E-state index contributed by atoms with van der Waals surface area (Å²) in [6.45, 7) is 16.2. The van der Waals surface area contributed by atoms with Gasteiger partial charge in [0.1, 0.15) is 0 Å². The van der Waals surface area contributed by atoms with Crippen LogP contribution < -0.4 is 0 Å². The molecule has 0 fully saturated rings. The van der Waals surface area contributed by atoms with Crippen LogP contribution in [0.4, 0.5) is 0 Å². The van der Waals surface area contributed by atoms with E-state index in [0.29, 0.717) is 6.42 Å². The molecule has 0 radical (unpaired) electrons. The van der Waals surface area contributed by atoms with Crippen LogP contribution >= 0.6 is 0 Å². The van der Waals surface area contributed by atoms with E-state index in [1.54, 1.807) is 0 Å². The highest BCUT2D eigenvalue weighted by Gasteiger charge is 2.08. The zero-order valence-corrected chi connectivity index (χ0v) is 20.8. The van der Waals surface area contributed by atoms with Crippen molar-refractivity contribution < 1.29 is 5.11 Å². The molecule has 0 bridgehead atoms. The fourth-order valence-electron chi connectivity index (χ4n) is 2.27. The topological polar surface area (TPSA) is 20.2 Å². The van der Waals surface area contributed by atoms with Gasteiger partial charge in [0.05, 0.1) is 5.60 Å². The van der Waals surface area contributed by atoms with Gasteiger partial charge in [0.15, 0.2) is 0 Å². The molecule has 0 saturated heterocycles. The Balaban J connectivity index is 4.66. The van der Waals surface area contributed by atoms with E-state index in [4.69, 9.17) is 0 Å². The minimum absolute atomic E-state index is 0.650. The van der Waals surface area contributed by atoms with Gasteiger partial charge in [0.25, 0.3) is 0 Å². The second-order valence-corrected chi connectivity index (χ2v) is 8.77. The monoisotopic (exact) mass is 418 g/mol. The number of aliphatic hydroxyl groups is 1. The number of rotatable bonds is 11. The quantitative estimate of drug-likeness (QED) is 0.333. The van der Waals surface area contributed by atoms with Crippen LogP contribution in [0.2, 0.25) is 0 Å². The molecule has 0 saturated carbocycles. The lowest BCUT2D eigenvalue weighted by molar-refractivity contribution is 0.0839. The molecule has 0 heterocycles. The van der Waals surface area contributed by atoms with Crippen molar-refractivity contribution in [2.24, 2.45) is 0 Å². The Morgan fingerprint density at radius 3 is 1.29 bits per heavy atom. The molecule has 0 unspecified atom stereocenters. The van der Waals surface area contributed by atoms with Crippen LogP contribution in [0.25, 0.3) is 0 Å². The normalized spacial score (nSPS) is 15.5. The lowest BCUT2D eigenvalue weighted by atomic mass is 10.0. The van der Waals surface area contributed by atoms with Crippen molar-refractivity contribution in [3.8, 4) is 0 Å². The zero-order valence-electron chi connectivity index (χ0n) is 20.8. The van der Waals surface area contributed by atoms with Crippen LogP contribution in [0.1, 0.15) is 61.8 Å². The van der Waals surface area contributed by atoms with Gasteiger partial charge < -0.3 is 5.11 Å². The van der Waals surface area contributed by atoms with Gasteiger partial charge in [-0.1, -0.05) is 119 Å². The third kappa shape index (κ3) is 20.4. The van der Waals surface area contributed by atoms with E-state index in [-0.39, 0.29) is 0 Å². The van der Waals surface area contributed by atoms with E-state index in [1.165, 1.54) is 22.3 Å². The molecule has 0 aromatic rings. The van der Waals surface area contributed by atoms with Crippen LogP contribution in [0.15, 0.2) is 119 Å². The molecular weight excluding hydrogens is 376 g/mol. The molecule has 1 nitrogen and oxygen atoms in total. The summed E-state index contributed by atoms with van der Waals surface area (Å²) >= 11 is 0. The Hall–Kier alpha value is -2.64. The molecule has 0 aromatic carbocycles. The van der Waals surface area contributed by atoms with Crippen molar-refractivity contribution in [1.29, 1.82) is 0 Å². The lowest BCUT2D eigenvalue weighted by Crippen LogP contribution is -2.16. The first-order valence-corrected chi connectivity index (χ1v) is 10.9. The van der Waals surface area contributed by atoms with Crippen molar-refractivity contribution in [3.05, 3.63) is 119 Å². The SMILES string of the molecule is CC(C)=CC=CC(C)=CC=CC=C(C)C=CC=C(C)C=CC=C(C)C=CCC(C)(C)O. The third-order valence-corrected chi connectivity index (χ3v) is 4.05. The van der Waals surface area contributed by atoms with Gasteiger partial charge in [-0.3, -0.25) is 0 Å². The molecule has 0 atom stereocenters. The maximum atomic E-state index is 9.71. The van der Waals surface area contributed by atoms with Crippen LogP contribution in [0.5, 0.6) is 0 Å². The summed E-state index contributed by atoms with van der Waals surface area (Å²) in [5.74, 6) is 0. The molecule has 1 N–H and O–H groups in total. The number of hydrogen-bond acceptors (Lipinski definition) is 1. The molecule has 1 heteroatoms. The van der Waals surface area contributed by atoms with Gasteiger partial charge >= 0.3 is 0 Å². The Bertz CT molecular complexity index is 831. The van der Waals surface area contributed by atoms with Gasteiger partial charge in [-0.2, -0.15) is 0 Å². The fraction of sp³-hybridized carbons (Fsp3) is 0.333. The maximum absolute atomic E-state index is 9.71. The van der Waals surface area contributed by atoms with E-state index < -0.39 is 5.60 Å². The molecule has 0 aromatic heterocycles. The highest BCUT2D eigenvalue weighted by atomic mass is 16.3. The van der Waals surface area contributed by atoms with E-state index in [0.717, 1.165) is 5.57 Å². The van der Waals surface area contributed by atoms with E-state index in [1.807, 2.05) is 26.0 Å². The predicted molar refractivity (Wildman–Crippen MR) is 141 cm³/mol. The number of allylic oxidation sites excluding steroid dienone is 19. The minimum atomic E-state index is -0.654. The summed E-state index contributed by atoms with van der Waals surface area (Å²) in [7, 11) is 0. The first-order valence-electron chi connectivity index (χ1n) is 10.9. The summed E-state index contributed by atoms with van der Waals surface area (Å²) in [6.07, 6.45) is 31.8. The molecule has 0 rings (SSSR count). The van der Waals surface area contributed by atoms with Crippen molar-refractivity contribution >= 4 is 0 Å². The molecule has 0 aliphatic rings. The molecule has 0 amide bonds. The van der Waals surface area contributed by atoms with Crippen LogP contribution in [-0.2, 0) is 0 Å². The molecule has 0 aliphatic carbocycles. The summed E-state index contributed by atoms with van der Waals surface area (Å²) in [5.41, 5.74) is 5.41. The average molecular weight is 419 g/mol. The summed E-state index contributed by atoms with van der Waals surface area (Å²) in [6, 6.07) is 0. The van der Waals surface area contributed by atoms with Crippen molar-refractivity contribution in [2.75, 3.05) is 0 Å². The summed E-state index contributed by atoms with van der Waals surface area (Å²) in [5, 5.41) is 9.71. The van der Waals surface area contributed by atoms with E-state index in [2.05, 4.69) is 121 Å². The smallest absolute Gasteiger partial charge is 0.0626 e. The maximum Gasteiger partial charge on any atom is 0.0626 e. The largest absolute Gasteiger partial charge is 0.390 e. The van der Waals surface area contributed by atoms with Gasteiger partial charge in [-0.05, 0) is 61.8 Å². The standard InChI is InChI=1S/C30H42O/c1-25(2)15-11-18-26(3)16-9-10-17-27(4)19-12-20-28(5)21-13-22-29(6)23-14-24-30(7,8)31/h9-23,31H,24H2,1-8H3. The molecule has 168 valence electrons. The lowest BCUT2D eigenvalue weighted by Gasteiger charge is -2.13. The van der Waals surface area contributed by atoms with E-state index in [9.17, 15) is 5.11 Å². The predicted octanol–water partition coefficient (Wildman–Crippen LogP) is 8.68. The number of hydrogen-bond donors (Lipinski definition) is 1.